The molecular weight excluding hydrogens is 248 g/mol. The molecule has 0 spiro atoms. The zero-order chi connectivity index (χ0) is 13.1. The quantitative estimate of drug-likeness (QED) is 0.624. The molecule has 0 aromatic rings. The Bertz CT molecular complexity index is 419. The Morgan fingerprint density at radius 2 is 2.06 bits per heavy atom. The molecule has 1 fully saturated rings. The van der Waals surface area contributed by atoms with E-state index in [9.17, 15) is 18.0 Å². The van der Waals surface area contributed by atoms with Gasteiger partial charge in [-0.05, 0) is 13.3 Å². The van der Waals surface area contributed by atoms with Crippen LogP contribution in [0.4, 0.5) is 4.79 Å². The minimum Gasteiger partial charge on any atom is -0.481 e. The van der Waals surface area contributed by atoms with Gasteiger partial charge in [0.1, 0.15) is 0 Å². The normalized spacial score (nSPS) is 26.4. The third kappa shape index (κ3) is 4.59. The smallest absolute Gasteiger partial charge is 0.315 e. The molecule has 0 bridgehead atoms. The molecule has 1 rings (SSSR count). The molecule has 0 aromatic heterocycles. The average molecular weight is 264 g/mol. The number of amides is 2. The predicted octanol–water partition coefficient (Wildman–Crippen LogP) is -0.662. The molecule has 2 amide bonds. The topological polar surface area (TPSA) is 113 Å². The summed E-state index contributed by atoms with van der Waals surface area (Å²) in [7, 11) is -3.07. The van der Waals surface area contributed by atoms with E-state index in [1.165, 1.54) is 0 Å². The first-order chi connectivity index (χ1) is 7.72. The Labute approximate surface area is 99.5 Å². The maximum absolute atomic E-state index is 11.4. The van der Waals surface area contributed by atoms with Crippen LogP contribution in [0, 0.1) is 0 Å². The summed E-state index contributed by atoms with van der Waals surface area (Å²) >= 11 is 0. The zero-order valence-corrected chi connectivity index (χ0v) is 10.3. The van der Waals surface area contributed by atoms with E-state index >= 15 is 0 Å². The van der Waals surface area contributed by atoms with Gasteiger partial charge in [0.15, 0.2) is 9.84 Å². The van der Waals surface area contributed by atoms with Gasteiger partial charge in [0, 0.05) is 6.54 Å². The number of nitrogens with one attached hydrogen (secondary N) is 2. The van der Waals surface area contributed by atoms with E-state index in [0.29, 0.717) is 6.42 Å². The third-order valence-corrected chi connectivity index (χ3v) is 4.45. The van der Waals surface area contributed by atoms with Crippen LogP contribution in [0.2, 0.25) is 0 Å². The molecule has 1 heterocycles. The van der Waals surface area contributed by atoms with Crippen LogP contribution >= 0.6 is 0 Å². The van der Waals surface area contributed by atoms with E-state index in [2.05, 4.69) is 10.6 Å². The van der Waals surface area contributed by atoms with E-state index in [4.69, 9.17) is 5.11 Å². The minimum atomic E-state index is -3.07. The predicted molar refractivity (Wildman–Crippen MR) is 60.5 cm³/mol. The molecule has 8 heteroatoms. The lowest BCUT2D eigenvalue weighted by molar-refractivity contribution is -0.136. The molecule has 1 unspecified atom stereocenters. The van der Waals surface area contributed by atoms with Gasteiger partial charge < -0.3 is 15.7 Å². The molecule has 1 aliphatic heterocycles. The van der Waals surface area contributed by atoms with Crippen molar-refractivity contribution in [3.8, 4) is 0 Å². The van der Waals surface area contributed by atoms with Crippen LogP contribution in [0.15, 0.2) is 0 Å². The second-order valence-electron chi connectivity index (χ2n) is 4.43. The summed E-state index contributed by atoms with van der Waals surface area (Å²) in [5, 5.41) is 13.3. The van der Waals surface area contributed by atoms with Crippen LogP contribution in [0.3, 0.4) is 0 Å². The van der Waals surface area contributed by atoms with Crippen LogP contribution < -0.4 is 10.6 Å². The van der Waals surface area contributed by atoms with Gasteiger partial charge in [0.2, 0.25) is 0 Å². The number of urea groups is 1. The molecule has 98 valence electrons. The first-order valence-electron chi connectivity index (χ1n) is 5.21. The van der Waals surface area contributed by atoms with Crippen molar-refractivity contribution in [1.29, 1.82) is 0 Å². The molecular formula is C9H16N2O5S. The largest absolute Gasteiger partial charge is 0.481 e. The van der Waals surface area contributed by atoms with Crippen molar-refractivity contribution in [2.75, 3.05) is 18.1 Å². The summed E-state index contributed by atoms with van der Waals surface area (Å²) < 4.78 is 22.6. The van der Waals surface area contributed by atoms with Crippen molar-refractivity contribution >= 4 is 21.8 Å². The Balaban J connectivity index is 2.39. The van der Waals surface area contributed by atoms with Gasteiger partial charge in [-0.25, -0.2) is 13.2 Å². The molecule has 0 radical (unpaired) electrons. The molecule has 1 atom stereocenters. The van der Waals surface area contributed by atoms with Crippen LogP contribution in [0.5, 0.6) is 0 Å². The van der Waals surface area contributed by atoms with Crippen LogP contribution in [-0.2, 0) is 14.6 Å². The first-order valence-corrected chi connectivity index (χ1v) is 7.03. The molecule has 0 saturated carbocycles. The number of carboxylic acid groups (broad SMARTS) is 1. The van der Waals surface area contributed by atoms with Crippen molar-refractivity contribution in [2.45, 2.75) is 25.3 Å². The molecule has 0 aromatic carbocycles. The van der Waals surface area contributed by atoms with Crippen LogP contribution in [0.25, 0.3) is 0 Å². The van der Waals surface area contributed by atoms with Crippen LogP contribution in [0.1, 0.15) is 19.8 Å². The van der Waals surface area contributed by atoms with Gasteiger partial charge in [0.25, 0.3) is 0 Å². The van der Waals surface area contributed by atoms with E-state index in [1.807, 2.05) is 0 Å². The summed E-state index contributed by atoms with van der Waals surface area (Å²) in [4.78, 5) is 21.6. The fraction of sp³-hybridized carbons (Fsp3) is 0.778. The Kier molecular flexibility index (Phi) is 3.97. The fourth-order valence-corrected chi connectivity index (χ4v) is 3.80. The maximum Gasteiger partial charge on any atom is 0.315 e. The number of sulfone groups is 1. The van der Waals surface area contributed by atoms with Gasteiger partial charge in [-0.15, -0.1) is 0 Å². The highest BCUT2D eigenvalue weighted by Gasteiger charge is 2.39. The number of carbonyl (C=O) groups excluding carboxylic acids is 1. The Morgan fingerprint density at radius 1 is 1.41 bits per heavy atom. The Morgan fingerprint density at radius 3 is 2.53 bits per heavy atom. The summed E-state index contributed by atoms with van der Waals surface area (Å²) in [5.41, 5.74) is -0.758. The van der Waals surface area contributed by atoms with E-state index < -0.39 is 27.4 Å². The summed E-state index contributed by atoms with van der Waals surface area (Å²) in [6, 6.07) is -0.536. The summed E-state index contributed by atoms with van der Waals surface area (Å²) in [5.74, 6) is -1.01. The lowest BCUT2D eigenvalue weighted by Gasteiger charge is -2.23. The fourth-order valence-electron chi connectivity index (χ4n) is 1.71. The standard InChI is InChI=1S/C9H16N2O5S/c1-9(3-5-17(15,16)6-9)11-8(14)10-4-2-7(12)13/h2-6H2,1H3,(H,12,13)(H2,10,11,14). The van der Waals surface area contributed by atoms with Crippen molar-refractivity contribution < 1.29 is 23.1 Å². The average Bonchev–Trinajstić information content (AvgIpc) is 2.39. The maximum atomic E-state index is 11.4. The second kappa shape index (κ2) is 4.91. The van der Waals surface area contributed by atoms with Gasteiger partial charge >= 0.3 is 12.0 Å². The number of hydrogen-bond donors (Lipinski definition) is 3. The zero-order valence-electron chi connectivity index (χ0n) is 9.52. The monoisotopic (exact) mass is 264 g/mol. The van der Waals surface area contributed by atoms with Crippen molar-refractivity contribution in [1.82, 2.24) is 10.6 Å². The Hall–Kier alpha value is -1.31. The lowest BCUT2D eigenvalue weighted by atomic mass is 10.0. The summed E-state index contributed by atoms with van der Waals surface area (Å²) in [6.07, 6.45) is 0.212. The number of rotatable bonds is 4. The molecule has 0 aliphatic carbocycles. The number of hydrogen-bond acceptors (Lipinski definition) is 4. The van der Waals surface area contributed by atoms with E-state index in [0.717, 1.165) is 0 Å². The third-order valence-electron chi connectivity index (χ3n) is 2.54. The SMILES string of the molecule is CC1(NC(=O)NCCC(=O)O)CCS(=O)(=O)C1. The van der Waals surface area contributed by atoms with Gasteiger partial charge in [-0.1, -0.05) is 0 Å². The highest BCUT2D eigenvalue weighted by molar-refractivity contribution is 7.91. The van der Waals surface area contributed by atoms with Crippen molar-refractivity contribution in [3.63, 3.8) is 0 Å². The van der Waals surface area contributed by atoms with Gasteiger partial charge in [-0.3, -0.25) is 4.79 Å². The summed E-state index contributed by atoms with van der Waals surface area (Å²) in [6.45, 7) is 1.68. The van der Waals surface area contributed by atoms with E-state index in [1.54, 1.807) is 6.92 Å². The highest BCUT2D eigenvalue weighted by atomic mass is 32.2. The second-order valence-corrected chi connectivity index (χ2v) is 6.61. The number of aliphatic carboxylic acids is 1. The van der Waals surface area contributed by atoms with Gasteiger partial charge in [0.05, 0.1) is 23.5 Å². The van der Waals surface area contributed by atoms with Crippen molar-refractivity contribution in [2.24, 2.45) is 0 Å². The molecule has 7 nitrogen and oxygen atoms in total. The molecule has 1 aliphatic rings. The molecule has 3 N–H and O–H groups in total. The minimum absolute atomic E-state index is 0.0179. The van der Waals surface area contributed by atoms with E-state index in [-0.39, 0.29) is 24.5 Å². The van der Waals surface area contributed by atoms with Gasteiger partial charge in [-0.2, -0.15) is 0 Å². The molecule has 17 heavy (non-hydrogen) atoms. The molecule has 1 saturated heterocycles. The first kappa shape index (κ1) is 13.8. The lowest BCUT2D eigenvalue weighted by Crippen LogP contribution is -2.51. The number of carboxylic acids is 1. The number of carbonyl (C=O) groups is 2. The highest BCUT2D eigenvalue weighted by Crippen LogP contribution is 2.22. The van der Waals surface area contributed by atoms with Crippen molar-refractivity contribution in [3.05, 3.63) is 0 Å². The van der Waals surface area contributed by atoms with Crippen LogP contribution in [-0.4, -0.2) is 49.1 Å².